The number of carbonyl (C=O) groups is 1. The molecular formula is C30H31F8N3O2. The number of ether oxygens (including phenoxy) is 1. The van der Waals surface area contributed by atoms with Crippen LogP contribution in [0.1, 0.15) is 40.9 Å². The molecule has 0 unspecified atom stereocenters. The van der Waals surface area contributed by atoms with Crippen LogP contribution in [0.25, 0.3) is 0 Å². The van der Waals surface area contributed by atoms with Gasteiger partial charge in [0.15, 0.2) is 11.6 Å². The van der Waals surface area contributed by atoms with E-state index in [1.807, 2.05) is 4.90 Å². The van der Waals surface area contributed by atoms with E-state index in [1.54, 1.807) is 0 Å². The Kier molecular flexibility index (Phi) is 9.73. The van der Waals surface area contributed by atoms with Crippen molar-refractivity contribution in [3.05, 3.63) is 70.3 Å². The van der Waals surface area contributed by atoms with Crippen molar-refractivity contribution in [2.45, 2.75) is 44.2 Å². The Labute approximate surface area is 244 Å². The molecule has 0 aliphatic carbocycles. The minimum Gasteiger partial charge on any atom is -0.378 e. The van der Waals surface area contributed by atoms with Crippen molar-refractivity contribution >= 4 is 5.91 Å². The number of amides is 1. The highest BCUT2D eigenvalue weighted by atomic mass is 19.4. The third-order valence-corrected chi connectivity index (χ3v) is 7.63. The fourth-order valence-electron chi connectivity index (χ4n) is 5.19. The molecule has 2 aliphatic rings. The summed E-state index contributed by atoms with van der Waals surface area (Å²) in [5.74, 6) is 3.01. The van der Waals surface area contributed by atoms with Crippen LogP contribution in [0.4, 0.5) is 35.1 Å². The maximum absolute atomic E-state index is 13.9. The maximum Gasteiger partial charge on any atom is 0.416 e. The Morgan fingerprint density at radius 2 is 1.56 bits per heavy atom. The summed E-state index contributed by atoms with van der Waals surface area (Å²) in [4.78, 5) is 18.8. The first kappa shape index (κ1) is 32.7. The fraction of sp³-hybridized carbons (Fsp3) is 0.500. The van der Waals surface area contributed by atoms with Crippen LogP contribution in [0.2, 0.25) is 0 Å². The summed E-state index contributed by atoms with van der Waals surface area (Å²) in [6, 6.07) is 3.18. The molecule has 13 heteroatoms. The van der Waals surface area contributed by atoms with Gasteiger partial charge >= 0.3 is 12.4 Å². The predicted molar refractivity (Wildman–Crippen MR) is 142 cm³/mol. The van der Waals surface area contributed by atoms with Crippen LogP contribution in [0.5, 0.6) is 0 Å². The Balaban J connectivity index is 1.56. The molecule has 2 saturated heterocycles. The molecule has 2 fully saturated rings. The quantitative estimate of drug-likeness (QED) is 0.329. The van der Waals surface area contributed by atoms with Gasteiger partial charge in [0.2, 0.25) is 0 Å². The minimum absolute atomic E-state index is 0.0140. The SMILES string of the molecule is CC1(C)COCCN1CC#CCN1CCN(C(=O)c2cc(C(F)(F)F)cc(C(F)(F)F)c2)[C@H](Cc2ccc(F)c(F)c2)C1. The summed E-state index contributed by atoms with van der Waals surface area (Å²) < 4.78 is 114. The first-order valence-corrected chi connectivity index (χ1v) is 13.6. The molecule has 0 bridgehead atoms. The van der Waals surface area contributed by atoms with Gasteiger partial charge in [-0.2, -0.15) is 26.3 Å². The standard InChI is InChI=1S/C30H31F8N3O2/c1-28(2)19-43-12-11-40(28)8-4-3-7-39-9-10-41(24(18-39)13-20-5-6-25(31)26(32)14-20)27(42)21-15-22(29(33,34)35)17-23(16-21)30(36,37)38/h5-6,14-17,24H,7-13,18-19H2,1-2H3/t24-/m1/s1. The third kappa shape index (κ3) is 8.25. The molecule has 2 aromatic rings. The number of halogens is 8. The lowest BCUT2D eigenvalue weighted by Crippen LogP contribution is -2.56. The molecule has 234 valence electrons. The van der Waals surface area contributed by atoms with Crippen molar-refractivity contribution in [3.63, 3.8) is 0 Å². The number of benzene rings is 2. The molecule has 4 rings (SSSR count). The summed E-state index contributed by atoms with van der Waals surface area (Å²) in [5, 5.41) is 0. The van der Waals surface area contributed by atoms with E-state index in [0.29, 0.717) is 44.0 Å². The second-order valence-corrected chi connectivity index (χ2v) is 11.3. The van der Waals surface area contributed by atoms with E-state index >= 15 is 0 Å². The van der Waals surface area contributed by atoms with E-state index in [4.69, 9.17) is 4.74 Å². The van der Waals surface area contributed by atoms with E-state index in [1.165, 1.54) is 11.0 Å². The molecule has 1 atom stereocenters. The lowest BCUT2D eigenvalue weighted by Gasteiger charge is -2.41. The molecular weight excluding hydrogens is 586 g/mol. The van der Waals surface area contributed by atoms with Crippen molar-refractivity contribution in [1.29, 1.82) is 0 Å². The molecule has 1 amide bonds. The van der Waals surface area contributed by atoms with Gasteiger partial charge in [-0.3, -0.25) is 14.6 Å². The Hall–Kier alpha value is -3.21. The van der Waals surface area contributed by atoms with Gasteiger partial charge in [0.25, 0.3) is 5.91 Å². The topological polar surface area (TPSA) is 36.0 Å². The second-order valence-electron chi connectivity index (χ2n) is 11.3. The first-order chi connectivity index (χ1) is 20.0. The van der Waals surface area contributed by atoms with Gasteiger partial charge in [0, 0.05) is 43.3 Å². The number of alkyl halides is 6. The summed E-state index contributed by atoms with van der Waals surface area (Å²) in [6.45, 7) is 7.19. The Morgan fingerprint density at radius 1 is 0.907 bits per heavy atom. The second kappa shape index (κ2) is 12.8. The zero-order valence-electron chi connectivity index (χ0n) is 23.6. The van der Waals surface area contributed by atoms with Gasteiger partial charge in [-0.1, -0.05) is 17.9 Å². The number of carbonyl (C=O) groups excluding carboxylic acids is 1. The summed E-state index contributed by atoms with van der Waals surface area (Å²) in [7, 11) is 0. The maximum atomic E-state index is 13.9. The van der Waals surface area contributed by atoms with Gasteiger partial charge in [-0.15, -0.1) is 0 Å². The van der Waals surface area contributed by atoms with Crippen LogP contribution in [0, 0.1) is 23.5 Å². The predicted octanol–water partition coefficient (Wildman–Crippen LogP) is 5.49. The van der Waals surface area contributed by atoms with E-state index in [2.05, 4.69) is 30.6 Å². The molecule has 0 spiro atoms. The summed E-state index contributed by atoms with van der Waals surface area (Å²) >= 11 is 0. The van der Waals surface area contributed by atoms with Crippen molar-refractivity contribution < 1.29 is 44.7 Å². The van der Waals surface area contributed by atoms with E-state index in [9.17, 15) is 39.9 Å². The smallest absolute Gasteiger partial charge is 0.378 e. The van der Waals surface area contributed by atoms with Crippen molar-refractivity contribution in [2.24, 2.45) is 0 Å². The average Bonchev–Trinajstić information content (AvgIpc) is 2.92. The van der Waals surface area contributed by atoms with Gasteiger partial charge in [0.05, 0.1) is 37.4 Å². The molecule has 2 aliphatic heterocycles. The number of hydrogen-bond acceptors (Lipinski definition) is 4. The minimum atomic E-state index is -5.12. The lowest BCUT2D eigenvalue weighted by molar-refractivity contribution is -0.143. The van der Waals surface area contributed by atoms with E-state index < -0.39 is 52.6 Å². The zero-order valence-corrected chi connectivity index (χ0v) is 23.6. The number of morpholine rings is 1. The highest BCUT2D eigenvalue weighted by Gasteiger charge is 2.39. The van der Waals surface area contributed by atoms with Gasteiger partial charge in [-0.25, -0.2) is 8.78 Å². The van der Waals surface area contributed by atoms with Gasteiger partial charge in [-0.05, 0) is 56.2 Å². The normalized spacial score (nSPS) is 20.0. The van der Waals surface area contributed by atoms with Crippen molar-refractivity contribution in [3.8, 4) is 11.8 Å². The van der Waals surface area contributed by atoms with Crippen LogP contribution in [-0.2, 0) is 23.5 Å². The Bertz CT molecular complexity index is 1350. The van der Waals surface area contributed by atoms with Crippen LogP contribution in [-0.4, -0.2) is 84.7 Å². The largest absolute Gasteiger partial charge is 0.416 e. The van der Waals surface area contributed by atoms with Crippen LogP contribution in [0.15, 0.2) is 36.4 Å². The average molecular weight is 618 g/mol. The molecule has 0 radical (unpaired) electrons. The molecule has 0 saturated carbocycles. The molecule has 43 heavy (non-hydrogen) atoms. The van der Waals surface area contributed by atoms with Gasteiger partial charge in [0.1, 0.15) is 0 Å². The highest BCUT2D eigenvalue weighted by Crippen LogP contribution is 2.37. The number of rotatable bonds is 5. The fourth-order valence-corrected chi connectivity index (χ4v) is 5.19. The van der Waals surface area contributed by atoms with Gasteiger partial charge < -0.3 is 9.64 Å². The zero-order chi connectivity index (χ0) is 31.6. The number of piperazine rings is 1. The Morgan fingerprint density at radius 3 is 2.16 bits per heavy atom. The van der Waals surface area contributed by atoms with E-state index in [0.717, 1.165) is 18.7 Å². The highest BCUT2D eigenvalue weighted by molar-refractivity contribution is 5.95. The first-order valence-electron chi connectivity index (χ1n) is 13.6. The molecule has 0 N–H and O–H groups in total. The number of hydrogen-bond donors (Lipinski definition) is 0. The molecule has 0 aromatic heterocycles. The van der Waals surface area contributed by atoms with Crippen LogP contribution < -0.4 is 0 Å². The van der Waals surface area contributed by atoms with E-state index in [-0.39, 0.29) is 37.7 Å². The molecule has 2 heterocycles. The monoisotopic (exact) mass is 617 g/mol. The molecule has 5 nitrogen and oxygen atoms in total. The van der Waals surface area contributed by atoms with Crippen LogP contribution in [0.3, 0.4) is 0 Å². The van der Waals surface area contributed by atoms with Crippen molar-refractivity contribution in [1.82, 2.24) is 14.7 Å². The number of nitrogens with zero attached hydrogens (tertiary/aromatic N) is 3. The van der Waals surface area contributed by atoms with Crippen LogP contribution >= 0.6 is 0 Å². The summed E-state index contributed by atoms with van der Waals surface area (Å²) in [6.07, 6.45) is -10.2. The lowest BCUT2D eigenvalue weighted by atomic mass is 9.99. The molecule has 2 aromatic carbocycles. The summed E-state index contributed by atoms with van der Waals surface area (Å²) in [5.41, 5.74) is -3.83. The van der Waals surface area contributed by atoms with Crippen molar-refractivity contribution in [2.75, 3.05) is 52.5 Å². The third-order valence-electron chi connectivity index (χ3n) is 7.63.